The normalized spacial score (nSPS) is 13.5. The molecule has 1 unspecified atom stereocenters. The van der Waals surface area contributed by atoms with Crippen LogP contribution in [-0.4, -0.2) is 70.0 Å². The van der Waals surface area contributed by atoms with Crippen LogP contribution >= 0.6 is 7.82 Å². The lowest BCUT2D eigenvalue weighted by molar-refractivity contribution is -0.870. The zero-order chi connectivity index (χ0) is 44.3. The molecule has 0 aromatic rings. The standard InChI is InChI=1S/C50H98NO8P/c1-6-8-10-12-14-16-18-20-22-23-24-25-26-27-29-30-32-34-36-38-40-42-49(52)56-46-48(47-58-60(54,55)57-45-44-51(3,4)5)59-50(53)43-41-39-37-35-33-31-28-21-19-17-15-13-11-9-7-2/h20,22,48H,6-19,21,23-47H2,1-5H3/b22-20+/t48-/m0/s1. The van der Waals surface area contributed by atoms with Crippen molar-refractivity contribution in [2.75, 3.05) is 47.5 Å². The molecule has 0 amide bonds. The van der Waals surface area contributed by atoms with E-state index in [4.69, 9.17) is 18.5 Å². The Morgan fingerprint density at radius 3 is 1.23 bits per heavy atom. The van der Waals surface area contributed by atoms with Crippen LogP contribution in [0.25, 0.3) is 0 Å². The Morgan fingerprint density at radius 1 is 0.500 bits per heavy atom. The van der Waals surface area contributed by atoms with Gasteiger partial charge in [0, 0.05) is 12.8 Å². The average molecular weight is 872 g/mol. The Balaban J connectivity index is 4.20. The number of hydrogen-bond donors (Lipinski definition) is 0. The second-order valence-electron chi connectivity index (χ2n) is 18.5. The maximum atomic E-state index is 12.7. The molecule has 0 rings (SSSR count). The quantitative estimate of drug-likeness (QED) is 0.0195. The molecule has 2 atom stereocenters. The average Bonchev–Trinajstić information content (AvgIpc) is 3.20. The van der Waals surface area contributed by atoms with Gasteiger partial charge in [0.05, 0.1) is 27.7 Å². The monoisotopic (exact) mass is 872 g/mol. The van der Waals surface area contributed by atoms with Crippen molar-refractivity contribution in [2.24, 2.45) is 0 Å². The van der Waals surface area contributed by atoms with Gasteiger partial charge in [-0.15, -0.1) is 0 Å². The summed E-state index contributed by atoms with van der Waals surface area (Å²) in [4.78, 5) is 37.7. The third-order valence-corrected chi connectivity index (χ3v) is 12.2. The van der Waals surface area contributed by atoms with Crippen LogP contribution in [0.2, 0.25) is 0 Å². The first-order valence-corrected chi connectivity index (χ1v) is 26.9. The number of allylic oxidation sites excluding steroid dienone is 2. The van der Waals surface area contributed by atoms with Crippen molar-refractivity contribution in [2.45, 2.75) is 251 Å². The van der Waals surface area contributed by atoms with Gasteiger partial charge in [0.1, 0.15) is 19.8 Å². The molecule has 10 heteroatoms. The van der Waals surface area contributed by atoms with Crippen LogP contribution in [0, 0.1) is 0 Å². The number of phosphoric acid groups is 1. The summed E-state index contributed by atoms with van der Waals surface area (Å²) in [6.07, 6.45) is 46.6. The van der Waals surface area contributed by atoms with E-state index in [1.807, 2.05) is 21.1 Å². The van der Waals surface area contributed by atoms with Crippen molar-refractivity contribution in [3.8, 4) is 0 Å². The van der Waals surface area contributed by atoms with E-state index in [1.165, 1.54) is 180 Å². The predicted molar refractivity (Wildman–Crippen MR) is 250 cm³/mol. The van der Waals surface area contributed by atoms with Crippen LogP contribution in [0.4, 0.5) is 0 Å². The van der Waals surface area contributed by atoms with E-state index in [2.05, 4.69) is 26.0 Å². The highest BCUT2D eigenvalue weighted by Gasteiger charge is 2.21. The number of quaternary nitrogens is 1. The molecule has 0 aliphatic carbocycles. The fourth-order valence-corrected chi connectivity index (χ4v) is 8.03. The number of ether oxygens (including phenoxy) is 2. The Labute approximate surface area is 371 Å². The van der Waals surface area contributed by atoms with Crippen LogP contribution in [0.15, 0.2) is 12.2 Å². The van der Waals surface area contributed by atoms with Gasteiger partial charge >= 0.3 is 11.9 Å². The molecule has 0 aromatic carbocycles. The van der Waals surface area contributed by atoms with Crippen molar-refractivity contribution in [1.29, 1.82) is 0 Å². The van der Waals surface area contributed by atoms with Gasteiger partial charge in [-0.05, 0) is 38.5 Å². The second-order valence-corrected chi connectivity index (χ2v) is 20.0. The van der Waals surface area contributed by atoms with E-state index >= 15 is 0 Å². The number of esters is 2. The molecule has 0 aliphatic heterocycles. The van der Waals surface area contributed by atoms with Crippen molar-refractivity contribution < 1.29 is 42.1 Å². The minimum Gasteiger partial charge on any atom is -0.756 e. The number of unbranched alkanes of at least 4 members (excludes halogenated alkanes) is 31. The van der Waals surface area contributed by atoms with Gasteiger partial charge in [-0.25, -0.2) is 0 Å². The highest BCUT2D eigenvalue weighted by Crippen LogP contribution is 2.38. The minimum atomic E-state index is -4.62. The van der Waals surface area contributed by atoms with Crippen molar-refractivity contribution in [3.05, 3.63) is 12.2 Å². The summed E-state index contributed by atoms with van der Waals surface area (Å²) in [6.45, 7) is 4.27. The molecule has 0 radical (unpaired) electrons. The van der Waals surface area contributed by atoms with Crippen molar-refractivity contribution in [3.63, 3.8) is 0 Å². The number of hydrogen-bond acceptors (Lipinski definition) is 8. The van der Waals surface area contributed by atoms with Crippen LogP contribution < -0.4 is 4.89 Å². The first kappa shape index (κ1) is 58.8. The third kappa shape index (κ3) is 46.3. The van der Waals surface area contributed by atoms with Gasteiger partial charge in [0.25, 0.3) is 7.82 Å². The molecule has 0 saturated carbocycles. The molecule has 60 heavy (non-hydrogen) atoms. The topological polar surface area (TPSA) is 111 Å². The lowest BCUT2D eigenvalue weighted by Gasteiger charge is -2.28. The van der Waals surface area contributed by atoms with Gasteiger partial charge in [0.2, 0.25) is 0 Å². The third-order valence-electron chi connectivity index (χ3n) is 11.3. The molecule has 0 spiro atoms. The summed E-state index contributed by atoms with van der Waals surface area (Å²) in [5.41, 5.74) is 0. The highest BCUT2D eigenvalue weighted by molar-refractivity contribution is 7.45. The number of nitrogens with zero attached hydrogens (tertiary/aromatic N) is 1. The van der Waals surface area contributed by atoms with Crippen molar-refractivity contribution in [1.82, 2.24) is 0 Å². The molecule has 0 aromatic heterocycles. The smallest absolute Gasteiger partial charge is 0.306 e. The van der Waals surface area contributed by atoms with Gasteiger partial charge < -0.3 is 27.9 Å². The Kier molecular flexibility index (Phi) is 42.1. The first-order valence-electron chi connectivity index (χ1n) is 25.4. The first-order chi connectivity index (χ1) is 29.0. The predicted octanol–water partition coefficient (Wildman–Crippen LogP) is 14.3. The second kappa shape index (κ2) is 43.0. The number of rotatable bonds is 47. The zero-order valence-electron chi connectivity index (χ0n) is 40.2. The Morgan fingerprint density at radius 2 is 0.850 bits per heavy atom. The van der Waals surface area contributed by atoms with E-state index in [0.717, 1.165) is 32.1 Å². The number of likely N-dealkylation sites (N-methyl/N-ethyl adjacent to an activating group) is 1. The lowest BCUT2D eigenvalue weighted by Crippen LogP contribution is -2.37. The minimum absolute atomic E-state index is 0.0272. The van der Waals surface area contributed by atoms with E-state index in [9.17, 15) is 19.0 Å². The highest BCUT2D eigenvalue weighted by atomic mass is 31.2. The van der Waals surface area contributed by atoms with E-state index in [-0.39, 0.29) is 32.0 Å². The van der Waals surface area contributed by atoms with Gasteiger partial charge in [-0.1, -0.05) is 206 Å². The summed E-state index contributed by atoms with van der Waals surface area (Å²) in [7, 11) is 1.18. The molecule has 0 saturated heterocycles. The molecule has 0 N–H and O–H groups in total. The summed E-state index contributed by atoms with van der Waals surface area (Å²) in [6, 6.07) is 0. The molecule has 9 nitrogen and oxygen atoms in total. The van der Waals surface area contributed by atoms with E-state index < -0.39 is 26.5 Å². The van der Waals surface area contributed by atoms with Gasteiger partial charge in [-0.2, -0.15) is 0 Å². The van der Waals surface area contributed by atoms with E-state index in [0.29, 0.717) is 17.4 Å². The zero-order valence-corrected chi connectivity index (χ0v) is 41.1. The number of carbonyl (C=O) groups is 2. The van der Waals surface area contributed by atoms with Crippen molar-refractivity contribution >= 4 is 19.8 Å². The SMILES string of the molecule is CCCCCCCC/C=C/CCCCCCCCCCCCCC(=O)OC[C@@H](COP(=O)([O-])OCC[N+](C)(C)C)OC(=O)CCCCCCCCCCCCCCCCC. The largest absolute Gasteiger partial charge is 0.756 e. The molecule has 0 fully saturated rings. The maximum Gasteiger partial charge on any atom is 0.306 e. The fraction of sp³-hybridized carbons (Fsp3) is 0.920. The summed E-state index contributed by atoms with van der Waals surface area (Å²) < 4.78 is 34.0. The van der Waals surface area contributed by atoms with Gasteiger partial charge in [-0.3, -0.25) is 14.2 Å². The Bertz CT molecular complexity index is 1030. The van der Waals surface area contributed by atoms with E-state index in [1.54, 1.807) is 0 Å². The number of carbonyl (C=O) groups excluding carboxylic acids is 2. The molecular formula is C50H98NO8P. The van der Waals surface area contributed by atoms with Crippen LogP contribution in [0.1, 0.15) is 245 Å². The molecule has 0 aliphatic rings. The summed E-state index contributed by atoms with van der Waals surface area (Å²) in [5.74, 6) is -0.820. The molecular weight excluding hydrogens is 774 g/mol. The number of phosphoric ester groups is 1. The molecule has 0 bridgehead atoms. The van der Waals surface area contributed by atoms with Gasteiger partial charge in [0.15, 0.2) is 6.10 Å². The fourth-order valence-electron chi connectivity index (χ4n) is 7.30. The lowest BCUT2D eigenvalue weighted by atomic mass is 10.0. The summed E-state index contributed by atoms with van der Waals surface area (Å²) >= 11 is 0. The van der Waals surface area contributed by atoms with Crippen LogP contribution in [0.5, 0.6) is 0 Å². The van der Waals surface area contributed by atoms with Crippen LogP contribution in [-0.2, 0) is 32.7 Å². The Hall–Kier alpha value is -1.25. The summed E-state index contributed by atoms with van der Waals surface area (Å²) in [5, 5.41) is 0. The molecule has 356 valence electrons. The van der Waals surface area contributed by atoms with Crippen LogP contribution in [0.3, 0.4) is 0 Å². The maximum absolute atomic E-state index is 12.7. The molecule has 0 heterocycles.